The lowest BCUT2D eigenvalue weighted by atomic mass is 10.0. The van der Waals surface area contributed by atoms with Crippen LogP contribution in [0.5, 0.6) is 0 Å². The molecule has 2 aromatic rings. The SMILES string of the molecule is Cc1ccc(C(=O)CCC(=O)NC2CCN(C(=O)c3ccc(Cl)cc3)CC2)cc1. The summed E-state index contributed by atoms with van der Waals surface area (Å²) in [6, 6.07) is 14.3. The van der Waals surface area contributed by atoms with E-state index < -0.39 is 0 Å². The molecule has 0 bridgehead atoms. The molecule has 1 fully saturated rings. The van der Waals surface area contributed by atoms with E-state index in [4.69, 9.17) is 11.6 Å². The number of nitrogens with one attached hydrogen (secondary N) is 1. The fraction of sp³-hybridized carbons (Fsp3) is 0.348. The normalized spacial score (nSPS) is 14.5. The molecule has 0 atom stereocenters. The van der Waals surface area contributed by atoms with Crippen molar-refractivity contribution in [3.63, 3.8) is 0 Å². The first-order chi connectivity index (χ1) is 13.9. The maximum absolute atomic E-state index is 12.5. The lowest BCUT2D eigenvalue weighted by Crippen LogP contribution is -2.46. The van der Waals surface area contributed by atoms with Gasteiger partial charge in [0.25, 0.3) is 5.91 Å². The van der Waals surface area contributed by atoms with E-state index in [2.05, 4.69) is 5.32 Å². The molecule has 3 rings (SSSR count). The van der Waals surface area contributed by atoms with Crippen molar-refractivity contribution < 1.29 is 14.4 Å². The number of halogens is 1. The van der Waals surface area contributed by atoms with Gasteiger partial charge in [0.05, 0.1) is 0 Å². The van der Waals surface area contributed by atoms with Crippen molar-refractivity contribution in [2.75, 3.05) is 13.1 Å². The summed E-state index contributed by atoms with van der Waals surface area (Å²) in [5, 5.41) is 3.60. The fourth-order valence-electron chi connectivity index (χ4n) is 3.41. The van der Waals surface area contributed by atoms with Crippen LogP contribution in [-0.2, 0) is 4.79 Å². The van der Waals surface area contributed by atoms with Gasteiger partial charge in [-0.1, -0.05) is 41.4 Å². The summed E-state index contributed by atoms with van der Waals surface area (Å²) < 4.78 is 0. The monoisotopic (exact) mass is 412 g/mol. The summed E-state index contributed by atoms with van der Waals surface area (Å²) >= 11 is 5.87. The average Bonchev–Trinajstić information content (AvgIpc) is 2.73. The van der Waals surface area contributed by atoms with Crippen molar-refractivity contribution in [2.45, 2.75) is 38.6 Å². The molecule has 152 valence electrons. The lowest BCUT2D eigenvalue weighted by molar-refractivity contribution is -0.122. The van der Waals surface area contributed by atoms with E-state index in [1.807, 2.05) is 19.1 Å². The van der Waals surface area contributed by atoms with E-state index in [0.29, 0.717) is 42.1 Å². The minimum Gasteiger partial charge on any atom is -0.353 e. The Morgan fingerprint density at radius 1 is 0.931 bits per heavy atom. The number of benzene rings is 2. The summed E-state index contributed by atoms with van der Waals surface area (Å²) in [7, 11) is 0. The Labute approximate surface area is 176 Å². The molecule has 1 saturated heterocycles. The van der Waals surface area contributed by atoms with Gasteiger partial charge in [-0.3, -0.25) is 14.4 Å². The predicted octanol–water partition coefficient (Wildman–Crippen LogP) is 4.03. The van der Waals surface area contributed by atoms with Crippen LogP contribution in [0.15, 0.2) is 48.5 Å². The third-order valence-corrected chi connectivity index (χ3v) is 5.44. The maximum Gasteiger partial charge on any atom is 0.253 e. The molecule has 2 aromatic carbocycles. The minimum absolute atomic E-state index is 0.0184. The Hall–Kier alpha value is -2.66. The van der Waals surface area contributed by atoms with E-state index in [1.165, 1.54) is 0 Å². The first kappa shape index (κ1) is 21.1. The molecule has 1 N–H and O–H groups in total. The van der Waals surface area contributed by atoms with Crippen LogP contribution in [-0.4, -0.2) is 41.6 Å². The van der Waals surface area contributed by atoms with E-state index in [1.54, 1.807) is 41.3 Å². The summed E-state index contributed by atoms with van der Waals surface area (Å²) in [6.07, 6.45) is 1.79. The zero-order chi connectivity index (χ0) is 20.8. The smallest absolute Gasteiger partial charge is 0.253 e. The molecule has 1 aliphatic rings. The second-order valence-corrected chi connectivity index (χ2v) is 7.87. The number of hydrogen-bond donors (Lipinski definition) is 1. The molecular formula is C23H25ClN2O3. The molecular weight excluding hydrogens is 388 g/mol. The van der Waals surface area contributed by atoms with Gasteiger partial charge >= 0.3 is 0 Å². The summed E-state index contributed by atoms with van der Waals surface area (Å²) in [4.78, 5) is 38.7. The number of hydrogen-bond acceptors (Lipinski definition) is 3. The molecule has 0 aromatic heterocycles. The van der Waals surface area contributed by atoms with Gasteiger partial charge in [0.1, 0.15) is 0 Å². The van der Waals surface area contributed by atoms with Crippen LogP contribution in [0.3, 0.4) is 0 Å². The van der Waals surface area contributed by atoms with Crippen molar-refractivity contribution in [2.24, 2.45) is 0 Å². The van der Waals surface area contributed by atoms with Crippen molar-refractivity contribution in [1.82, 2.24) is 10.2 Å². The van der Waals surface area contributed by atoms with E-state index >= 15 is 0 Å². The van der Waals surface area contributed by atoms with Gasteiger partial charge in [-0.2, -0.15) is 0 Å². The second-order valence-electron chi connectivity index (χ2n) is 7.43. The van der Waals surface area contributed by atoms with Crippen molar-refractivity contribution in [3.05, 3.63) is 70.2 Å². The first-order valence-electron chi connectivity index (χ1n) is 9.86. The fourth-order valence-corrected chi connectivity index (χ4v) is 3.54. The number of carbonyl (C=O) groups excluding carboxylic acids is 3. The van der Waals surface area contributed by atoms with Crippen molar-refractivity contribution in [1.29, 1.82) is 0 Å². The molecule has 0 saturated carbocycles. The topological polar surface area (TPSA) is 66.5 Å². The molecule has 1 heterocycles. The zero-order valence-electron chi connectivity index (χ0n) is 16.5. The van der Waals surface area contributed by atoms with Crippen LogP contribution in [0.1, 0.15) is 52.0 Å². The number of nitrogens with zero attached hydrogens (tertiary/aromatic N) is 1. The highest BCUT2D eigenvalue weighted by Crippen LogP contribution is 2.16. The lowest BCUT2D eigenvalue weighted by Gasteiger charge is -2.32. The molecule has 0 unspecified atom stereocenters. The van der Waals surface area contributed by atoms with Gasteiger partial charge in [-0.05, 0) is 44.0 Å². The summed E-state index contributed by atoms with van der Waals surface area (Å²) in [5.74, 6) is -0.161. The Morgan fingerprint density at radius 2 is 1.52 bits per heavy atom. The van der Waals surface area contributed by atoms with Crippen LogP contribution in [0.4, 0.5) is 0 Å². The van der Waals surface area contributed by atoms with Gasteiger partial charge in [0.2, 0.25) is 5.91 Å². The van der Waals surface area contributed by atoms with Gasteiger partial charge < -0.3 is 10.2 Å². The maximum atomic E-state index is 12.5. The molecule has 6 heteroatoms. The number of ketones is 1. The molecule has 2 amide bonds. The van der Waals surface area contributed by atoms with Gasteiger partial charge in [-0.25, -0.2) is 0 Å². The first-order valence-corrected chi connectivity index (χ1v) is 10.2. The summed E-state index contributed by atoms with van der Waals surface area (Å²) in [5.41, 5.74) is 2.35. The standard InChI is InChI=1S/C23H25ClN2O3/c1-16-2-4-17(5-3-16)21(27)10-11-22(28)25-20-12-14-26(15-13-20)23(29)18-6-8-19(24)9-7-18/h2-9,20H,10-15H2,1H3,(H,25,28). The van der Waals surface area contributed by atoms with E-state index in [0.717, 1.165) is 5.56 Å². The van der Waals surface area contributed by atoms with Gasteiger partial charge in [0.15, 0.2) is 5.78 Å². The Kier molecular flexibility index (Phi) is 7.04. The second kappa shape index (κ2) is 9.70. The van der Waals surface area contributed by atoms with Crippen LogP contribution in [0.2, 0.25) is 5.02 Å². The number of amides is 2. The highest BCUT2D eigenvalue weighted by molar-refractivity contribution is 6.30. The van der Waals surface area contributed by atoms with Crippen LogP contribution >= 0.6 is 11.6 Å². The Balaban J connectivity index is 1.41. The minimum atomic E-state index is -0.118. The molecule has 0 aliphatic carbocycles. The zero-order valence-corrected chi connectivity index (χ0v) is 17.2. The number of piperidine rings is 1. The summed E-state index contributed by atoms with van der Waals surface area (Å²) in [6.45, 7) is 3.15. The number of likely N-dealkylation sites (tertiary alicyclic amines) is 1. The quantitative estimate of drug-likeness (QED) is 0.728. The van der Waals surface area contributed by atoms with Gasteiger partial charge in [-0.15, -0.1) is 0 Å². The largest absolute Gasteiger partial charge is 0.353 e. The Morgan fingerprint density at radius 3 is 2.14 bits per heavy atom. The third-order valence-electron chi connectivity index (χ3n) is 5.19. The Bertz CT molecular complexity index is 870. The van der Waals surface area contributed by atoms with Gasteiger partial charge in [0, 0.05) is 48.1 Å². The average molecular weight is 413 g/mol. The number of aryl methyl sites for hydroxylation is 1. The highest BCUT2D eigenvalue weighted by atomic mass is 35.5. The molecule has 5 nitrogen and oxygen atoms in total. The number of rotatable bonds is 6. The number of Topliss-reactive ketones (excluding diaryl/α,β-unsaturated/α-hetero) is 1. The highest BCUT2D eigenvalue weighted by Gasteiger charge is 2.24. The van der Waals surface area contributed by atoms with Crippen molar-refractivity contribution in [3.8, 4) is 0 Å². The third kappa shape index (κ3) is 5.91. The van der Waals surface area contributed by atoms with Crippen molar-refractivity contribution >= 4 is 29.2 Å². The molecule has 0 spiro atoms. The van der Waals surface area contributed by atoms with E-state index in [9.17, 15) is 14.4 Å². The molecule has 0 radical (unpaired) electrons. The predicted molar refractivity (Wildman–Crippen MR) is 113 cm³/mol. The number of carbonyl (C=O) groups is 3. The van der Waals surface area contributed by atoms with E-state index in [-0.39, 0.29) is 36.5 Å². The molecule has 1 aliphatic heterocycles. The van der Waals surface area contributed by atoms with Crippen LogP contribution in [0.25, 0.3) is 0 Å². The van der Waals surface area contributed by atoms with Crippen LogP contribution < -0.4 is 5.32 Å². The molecule has 29 heavy (non-hydrogen) atoms. The van der Waals surface area contributed by atoms with Crippen LogP contribution in [0, 0.1) is 6.92 Å².